The fraction of sp³-hybridized carbons (Fsp3) is 0.600. The zero-order chi connectivity index (χ0) is 15.0. The van der Waals surface area contributed by atoms with E-state index in [1.165, 1.54) is 0 Å². The highest BCUT2D eigenvalue weighted by molar-refractivity contribution is 6.32. The summed E-state index contributed by atoms with van der Waals surface area (Å²) in [5, 5.41) is 6.62. The summed E-state index contributed by atoms with van der Waals surface area (Å²) >= 11 is 5.97. The van der Waals surface area contributed by atoms with Gasteiger partial charge in [0.15, 0.2) is 5.15 Å². The molecule has 0 saturated carbocycles. The van der Waals surface area contributed by atoms with Gasteiger partial charge in [0.2, 0.25) is 5.91 Å². The molecule has 0 spiro atoms. The van der Waals surface area contributed by atoms with Crippen LogP contribution >= 0.6 is 11.6 Å². The molecule has 2 atom stereocenters. The molecule has 0 aromatic carbocycles. The van der Waals surface area contributed by atoms with E-state index in [0.717, 1.165) is 19.6 Å². The smallest absolute Gasteiger partial charge is 0.238 e. The minimum atomic E-state index is -0.0362. The predicted molar refractivity (Wildman–Crippen MR) is 83.4 cm³/mol. The van der Waals surface area contributed by atoms with Crippen LogP contribution in [0.2, 0.25) is 5.15 Å². The number of carbonyl (C=O) groups is 1. The van der Waals surface area contributed by atoms with Crippen LogP contribution < -0.4 is 10.6 Å². The Morgan fingerprint density at radius 1 is 1.57 bits per heavy atom. The summed E-state index contributed by atoms with van der Waals surface area (Å²) in [5.74, 6) is 1.23. The molecule has 5 nitrogen and oxygen atoms in total. The average molecular weight is 309 g/mol. The van der Waals surface area contributed by atoms with E-state index in [4.69, 9.17) is 11.6 Å². The first-order valence-electron chi connectivity index (χ1n) is 7.34. The van der Waals surface area contributed by atoms with Gasteiger partial charge in [-0.25, -0.2) is 4.98 Å². The summed E-state index contributed by atoms with van der Waals surface area (Å²) < 4.78 is 0. The average Bonchev–Trinajstić information content (AvgIpc) is 2.97. The number of fused-ring (bicyclic) bond motifs is 1. The van der Waals surface area contributed by atoms with E-state index in [1.54, 1.807) is 18.3 Å². The number of likely N-dealkylation sites (tertiary alicyclic amines) is 1. The van der Waals surface area contributed by atoms with Gasteiger partial charge in [-0.3, -0.25) is 9.69 Å². The van der Waals surface area contributed by atoms with Crippen molar-refractivity contribution >= 4 is 23.2 Å². The van der Waals surface area contributed by atoms with Crippen molar-refractivity contribution < 1.29 is 4.79 Å². The summed E-state index contributed by atoms with van der Waals surface area (Å²) in [7, 11) is 0. The van der Waals surface area contributed by atoms with Gasteiger partial charge >= 0.3 is 0 Å². The number of hydrogen-bond acceptors (Lipinski definition) is 4. The Bertz CT molecular complexity index is 548. The third-order valence-corrected chi connectivity index (χ3v) is 5.19. The first-order valence-corrected chi connectivity index (χ1v) is 7.72. The second-order valence-corrected chi connectivity index (χ2v) is 6.81. The van der Waals surface area contributed by atoms with Gasteiger partial charge in [-0.05, 0) is 44.4 Å². The van der Waals surface area contributed by atoms with E-state index in [1.807, 2.05) is 0 Å². The SMILES string of the molecule is CC1(C)C2CNCC2CN1CC(=O)Nc1cccnc1Cl. The van der Waals surface area contributed by atoms with Gasteiger partial charge in [0.05, 0.1) is 12.2 Å². The van der Waals surface area contributed by atoms with Crippen LogP contribution in [0.1, 0.15) is 13.8 Å². The zero-order valence-corrected chi connectivity index (χ0v) is 13.2. The molecule has 1 amide bonds. The van der Waals surface area contributed by atoms with Gasteiger partial charge in [-0.1, -0.05) is 11.6 Å². The van der Waals surface area contributed by atoms with E-state index in [-0.39, 0.29) is 11.4 Å². The van der Waals surface area contributed by atoms with E-state index in [2.05, 4.69) is 34.4 Å². The molecule has 6 heteroatoms. The van der Waals surface area contributed by atoms with Gasteiger partial charge < -0.3 is 10.6 Å². The Balaban J connectivity index is 1.64. The van der Waals surface area contributed by atoms with Crippen molar-refractivity contribution in [2.45, 2.75) is 19.4 Å². The third-order valence-electron chi connectivity index (χ3n) is 4.88. The first kappa shape index (κ1) is 14.8. The lowest BCUT2D eigenvalue weighted by atomic mass is 9.85. The van der Waals surface area contributed by atoms with Gasteiger partial charge in [-0.15, -0.1) is 0 Å². The first-order chi connectivity index (χ1) is 9.98. The topological polar surface area (TPSA) is 57.3 Å². The van der Waals surface area contributed by atoms with E-state index in [0.29, 0.717) is 29.2 Å². The Hall–Kier alpha value is -1.17. The molecule has 2 aliphatic rings. The van der Waals surface area contributed by atoms with Gasteiger partial charge in [0.25, 0.3) is 0 Å². The largest absolute Gasteiger partial charge is 0.322 e. The maximum Gasteiger partial charge on any atom is 0.238 e. The van der Waals surface area contributed by atoms with Crippen molar-refractivity contribution in [1.82, 2.24) is 15.2 Å². The Morgan fingerprint density at radius 2 is 2.38 bits per heavy atom. The molecule has 3 heterocycles. The lowest BCUT2D eigenvalue weighted by molar-refractivity contribution is -0.118. The molecule has 1 aromatic rings. The molecule has 2 aliphatic heterocycles. The molecule has 3 rings (SSSR count). The number of hydrogen-bond donors (Lipinski definition) is 2. The number of aromatic nitrogens is 1. The normalized spacial score (nSPS) is 27.6. The van der Waals surface area contributed by atoms with Crippen molar-refractivity contribution in [1.29, 1.82) is 0 Å². The predicted octanol–water partition coefficient (Wildman–Crippen LogP) is 1.60. The van der Waals surface area contributed by atoms with Crippen LogP contribution in [0, 0.1) is 11.8 Å². The Kier molecular flexibility index (Phi) is 3.90. The molecule has 2 saturated heterocycles. The number of halogens is 1. The lowest BCUT2D eigenvalue weighted by Gasteiger charge is -2.35. The molecule has 114 valence electrons. The Morgan fingerprint density at radius 3 is 3.10 bits per heavy atom. The fourth-order valence-electron chi connectivity index (χ4n) is 3.62. The number of anilines is 1. The second-order valence-electron chi connectivity index (χ2n) is 6.45. The van der Waals surface area contributed by atoms with Crippen molar-refractivity contribution in [3.8, 4) is 0 Å². The summed E-state index contributed by atoms with van der Waals surface area (Å²) in [6.07, 6.45) is 1.61. The van der Waals surface area contributed by atoms with Crippen LogP contribution in [0.15, 0.2) is 18.3 Å². The van der Waals surface area contributed by atoms with Gasteiger partial charge in [0, 0.05) is 24.8 Å². The molecule has 0 bridgehead atoms. The van der Waals surface area contributed by atoms with E-state index >= 15 is 0 Å². The van der Waals surface area contributed by atoms with Crippen LogP contribution in [0.25, 0.3) is 0 Å². The fourth-order valence-corrected chi connectivity index (χ4v) is 3.78. The van der Waals surface area contributed by atoms with Crippen LogP contribution in [-0.4, -0.2) is 47.5 Å². The number of nitrogens with zero attached hydrogens (tertiary/aromatic N) is 2. The highest BCUT2D eigenvalue weighted by Crippen LogP contribution is 2.40. The summed E-state index contributed by atoms with van der Waals surface area (Å²) in [6.45, 7) is 7.93. The van der Waals surface area contributed by atoms with Crippen LogP contribution in [0.5, 0.6) is 0 Å². The van der Waals surface area contributed by atoms with Crippen molar-refractivity contribution in [2.24, 2.45) is 11.8 Å². The second kappa shape index (κ2) is 5.55. The maximum absolute atomic E-state index is 12.3. The number of rotatable bonds is 3. The molecular weight excluding hydrogens is 288 g/mol. The van der Waals surface area contributed by atoms with Crippen LogP contribution in [0.3, 0.4) is 0 Å². The number of amides is 1. The van der Waals surface area contributed by atoms with Crippen molar-refractivity contribution in [3.63, 3.8) is 0 Å². The molecule has 1 aromatic heterocycles. The minimum Gasteiger partial charge on any atom is -0.322 e. The highest BCUT2D eigenvalue weighted by Gasteiger charge is 2.49. The molecular formula is C15H21ClN4O. The highest BCUT2D eigenvalue weighted by atomic mass is 35.5. The van der Waals surface area contributed by atoms with Crippen LogP contribution in [-0.2, 0) is 4.79 Å². The van der Waals surface area contributed by atoms with Gasteiger partial charge in [0.1, 0.15) is 0 Å². The third kappa shape index (κ3) is 2.78. The molecule has 21 heavy (non-hydrogen) atoms. The molecule has 0 aliphatic carbocycles. The Labute approximate surface area is 130 Å². The molecule has 2 fully saturated rings. The monoisotopic (exact) mass is 308 g/mol. The lowest BCUT2D eigenvalue weighted by Crippen LogP contribution is -2.47. The zero-order valence-electron chi connectivity index (χ0n) is 12.4. The van der Waals surface area contributed by atoms with Gasteiger partial charge in [-0.2, -0.15) is 0 Å². The van der Waals surface area contributed by atoms with Crippen molar-refractivity contribution in [2.75, 3.05) is 31.5 Å². The number of nitrogens with one attached hydrogen (secondary N) is 2. The molecule has 2 unspecified atom stereocenters. The summed E-state index contributed by atoms with van der Waals surface area (Å²) in [4.78, 5) is 18.5. The van der Waals surface area contributed by atoms with E-state index < -0.39 is 0 Å². The number of pyridine rings is 1. The maximum atomic E-state index is 12.3. The molecule has 2 N–H and O–H groups in total. The van der Waals surface area contributed by atoms with Crippen molar-refractivity contribution in [3.05, 3.63) is 23.5 Å². The molecule has 0 radical (unpaired) electrons. The van der Waals surface area contributed by atoms with E-state index in [9.17, 15) is 4.79 Å². The quantitative estimate of drug-likeness (QED) is 0.833. The summed E-state index contributed by atoms with van der Waals surface area (Å²) in [5.41, 5.74) is 0.618. The standard InChI is InChI=1S/C15H21ClN4O/c1-15(2)11-7-17-6-10(11)8-20(15)9-13(21)19-12-4-3-5-18-14(12)16/h3-5,10-11,17H,6-9H2,1-2H3,(H,19,21). The summed E-state index contributed by atoms with van der Waals surface area (Å²) in [6, 6.07) is 3.53. The number of carbonyl (C=O) groups excluding carboxylic acids is 1. The minimum absolute atomic E-state index is 0.0362. The van der Waals surface area contributed by atoms with Crippen LogP contribution in [0.4, 0.5) is 5.69 Å².